The highest BCUT2D eigenvalue weighted by Gasteiger charge is 2.36. The summed E-state index contributed by atoms with van der Waals surface area (Å²) in [6.07, 6.45) is 7.82. The second-order valence-corrected chi connectivity index (χ2v) is 9.62. The average molecular weight is 388 g/mol. The molecule has 144 valence electrons. The van der Waals surface area contributed by atoms with Gasteiger partial charge in [-0.25, -0.2) is 12.8 Å². The summed E-state index contributed by atoms with van der Waals surface area (Å²) in [4.78, 5) is 0.357. The fraction of sp³-hybridized carbons (Fsp3) is 0.455. The Kier molecular flexibility index (Phi) is 5.33. The molecule has 1 aliphatic carbocycles. The largest absolute Gasteiger partial charge is 0.243 e. The third-order valence-electron chi connectivity index (χ3n) is 6.02. The second kappa shape index (κ2) is 7.72. The van der Waals surface area contributed by atoms with E-state index in [1.54, 1.807) is 28.6 Å². The Morgan fingerprint density at radius 2 is 1.41 bits per heavy atom. The van der Waals surface area contributed by atoms with E-state index in [2.05, 4.69) is 0 Å². The fourth-order valence-electron chi connectivity index (χ4n) is 4.53. The zero-order valence-electron chi connectivity index (χ0n) is 15.5. The van der Waals surface area contributed by atoms with Crippen molar-refractivity contribution >= 4 is 10.0 Å². The Balaban J connectivity index is 1.57. The van der Waals surface area contributed by atoms with Gasteiger partial charge >= 0.3 is 0 Å². The van der Waals surface area contributed by atoms with Crippen LogP contribution in [0.2, 0.25) is 0 Å². The topological polar surface area (TPSA) is 37.4 Å². The van der Waals surface area contributed by atoms with Crippen molar-refractivity contribution in [2.75, 3.05) is 6.54 Å². The van der Waals surface area contributed by atoms with E-state index in [4.69, 9.17) is 0 Å². The van der Waals surface area contributed by atoms with E-state index in [0.717, 1.165) is 18.4 Å². The lowest BCUT2D eigenvalue weighted by molar-refractivity contribution is 0.396. The molecule has 0 radical (unpaired) electrons. The molecule has 1 saturated carbocycles. The molecule has 1 saturated heterocycles. The van der Waals surface area contributed by atoms with E-state index in [9.17, 15) is 12.8 Å². The highest BCUT2D eigenvalue weighted by molar-refractivity contribution is 7.89. The minimum atomic E-state index is -3.55. The van der Waals surface area contributed by atoms with Gasteiger partial charge in [0, 0.05) is 6.54 Å². The number of nitrogens with zero attached hydrogens (tertiary/aromatic N) is 1. The Morgan fingerprint density at radius 3 is 2.07 bits per heavy atom. The molecule has 27 heavy (non-hydrogen) atoms. The molecular weight excluding hydrogens is 361 g/mol. The van der Waals surface area contributed by atoms with Crippen LogP contribution in [0.15, 0.2) is 53.4 Å². The molecule has 1 heterocycles. The van der Waals surface area contributed by atoms with Gasteiger partial charge in [0.05, 0.1) is 10.9 Å². The third kappa shape index (κ3) is 3.81. The zero-order chi connectivity index (χ0) is 18.9. The van der Waals surface area contributed by atoms with Gasteiger partial charge in [-0.05, 0) is 67.0 Å². The lowest BCUT2D eigenvalue weighted by atomic mass is 9.84. The molecule has 0 aromatic heterocycles. The van der Waals surface area contributed by atoms with Gasteiger partial charge in [0.15, 0.2) is 0 Å². The van der Waals surface area contributed by atoms with E-state index < -0.39 is 10.0 Å². The molecule has 1 unspecified atom stereocenters. The number of hydrogen-bond acceptors (Lipinski definition) is 2. The second-order valence-electron chi connectivity index (χ2n) is 7.73. The first kappa shape index (κ1) is 18.6. The van der Waals surface area contributed by atoms with Crippen molar-refractivity contribution in [3.05, 3.63) is 65.5 Å². The monoisotopic (exact) mass is 387 g/mol. The summed E-state index contributed by atoms with van der Waals surface area (Å²) in [5, 5.41) is 0. The van der Waals surface area contributed by atoms with Crippen LogP contribution in [0.5, 0.6) is 0 Å². The molecule has 2 aromatic rings. The highest BCUT2D eigenvalue weighted by Crippen LogP contribution is 2.37. The molecule has 1 atom stereocenters. The minimum absolute atomic E-state index is 0.214. The minimum Gasteiger partial charge on any atom is -0.207 e. The Bertz CT molecular complexity index is 872. The van der Waals surface area contributed by atoms with Crippen molar-refractivity contribution in [3.8, 4) is 0 Å². The third-order valence-corrected chi connectivity index (χ3v) is 7.94. The Labute approximate surface area is 161 Å². The van der Waals surface area contributed by atoms with Crippen molar-refractivity contribution in [2.45, 2.75) is 61.8 Å². The highest BCUT2D eigenvalue weighted by atomic mass is 32.2. The van der Waals surface area contributed by atoms with E-state index in [1.165, 1.54) is 49.8 Å². The Morgan fingerprint density at radius 1 is 0.778 bits per heavy atom. The van der Waals surface area contributed by atoms with Gasteiger partial charge in [0.1, 0.15) is 5.82 Å². The SMILES string of the molecule is O=S(=O)(c1ccc(C2CCCCC2)cc1)N1CCCC1c1ccc(F)cc1. The van der Waals surface area contributed by atoms with Crippen LogP contribution in [0.25, 0.3) is 0 Å². The predicted octanol–water partition coefficient (Wildman–Crippen LogP) is 5.40. The molecule has 0 bridgehead atoms. The predicted molar refractivity (Wildman–Crippen MR) is 105 cm³/mol. The number of benzene rings is 2. The number of halogens is 1. The smallest absolute Gasteiger partial charge is 0.207 e. The lowest BCUT2D eigenvalue weighted by Gasteiger charge is -2.25. The first-order valence-corrected chi connectivity index (χ1v) is 11.4. The van der Waals surface area contributed by atoms with Crippen LogP contribution in [0.1, 0.15) is 68.0 Å². The maximum absolute atomic E-state index is 13.2. The summed E-state index contributed by atoms with van der Waals surface area (Å²) >= 11 is 0. The van der Waals surface area contributed by atoms with E-state index in [-0.39, 0.29) is 11.9 Å². The van der Waals surface area contributed by atoms with Gasteiger partial charge in [0.25, 0.3) is 0 Å². The van der Waals surface area contributed by atoms with Crippen LogP contribution < -0.4 is 0 Å². The molecular formula is C22H26FNO2S. The molecule has 4 rings (SSSR count). The van der Waals surface area contributed by atoms with Crippen LogP contribution >= 0.6 is 0 Å². The molecule has 2 aliphatic rings. The number of sulfonamides is 1. The van der Waals surface area contributed by atoms with Crippen molar-refractivity contribution < 1.29 is 12.8 Å². The number of rotatable bonds is 4. The van der Waals surface area contributed by atoms with Gasteiger partial charge in [-0.2, -0.15) is 4.31 Å². The fourth-order valence-corrected chi connectivity index (χ4v) is 6.21. The summed E-state index contributed by atoms with van der Waals surface area (Å²) in [5.74, 6) is 0.263. The quantitative estimate of drug-likeness (QED) is 0.704. The molecule has 0 N–H and O–H groups in total. The zero-order valence-corrected chi connectivity index (χ0v) is 16.3. The molecule has 2 aromatic carbocycles. The molecule has 3 nitrogen and oxygen atoms in total. The van der Waals surface area contributed by atoms with Gasteiger partial charge < -0.3 is 0 Å². The van der Waals surface area contributed by atoms with Crippen molar-refractivity contribution in [1.29, 1.82) is 0 Å². The van der Waals surface area contributed by atoms with E-state index in [0.29, 0.717) is 17.4 Å². The van der Waals surface area contributed by atoms with Crippen LogP contribution in [0.3, 0.4) is 0 Å². The molecule has 2 fully saturated rings. The van der Waals surface area contributed by atoms with Crippen molar-refractivity contribution in [3.63, 3.8) is 0 Å². The first-order valence-electron chi connectivity index (χ1n) is 9.93. The molecule has 5 heteroatoms. The molecule has 0 spiro atoms. The van der Waals surface area contributed by atoms with E-state index >= 15 is 0 Å². The van der Waals surface area contributed by atoms with Crippen molar-refractivity contribution in [1.82, 2.24) is 4.31 Å². The van der Waals surface area contributed by atoms with Gasteiger partial charge in [0.2, 0.25) is 10.0 Å². The summed E-state index contributed by atoms with van der Waals surface area (Å²) in [6, 6.07) is 13.5. The van der Waals surface area contributed by atoms with Crippen LogP contribution in [0.4, 0.5) is 4.39 Å². The summed E-state index contributed by atoms with van der Waals surface area (Å²) < 4.78 is 41.3. The summed E-state index contributed by atoms with van der Waals surface area (Å²) in [7, 11) is -3.55. The van der Waals surface area contributed by atoms with Crippen LogP contribution in [0, 0.1) is 5.82 Å². The molecule has 0 amide bonds. The summed E-state index contributed by atoms with van der Waals surface area (Å²) in [5.41, 5.74) is 2.11. The van der Waals surface area contributed by atoms with Gasteiger partial charge in [-0.15, -0.1) is 0 Å². The van der Waals surface area contributed by atoms with Crippen LogP contribution in [-0.2, 0) is 10.0 Å². The first-order chi connectivity index (χ1) is 13.1. The maximum atomic E-state index is 13.2. The van der Waals surface area contributed by atoms with Gasteiger partial charge in [-0.1, -0.05) is 43.5 Å². The molecule has 1 aliphatic heterocycles. The lowest BCUT2D eigenvalue weighted by Crippen LogP contribution is -2.30. The maximum Gasteiger partial charge on any atom is 0.243 e. The average Bonchev–Trinajstić information content (AvgIpc) is 3.20. The standard InChI is InChI=1S/C22H26FNO2S/c23-20-12-8-19(9-13-20)22-7-4-16-24(22)27(25,26)21-14-10-18(11-15-21)17-5-2-1-3-6-17/h8-15,17,22H,1-7,16H2. The normalized spacial score (nSPS) is 22.2. The van der Waals surface area contributed by atoms with Crippen LogP contribution in [-0.4, -0.2) is 19.3 Å². The Hall–Kier alpha value is -1.72. The summed E-state index contributed by atoms with van der Waals surface area (Å²) in [6.45, 7) is 0.509. The van der Waals surface area contributed by atoms with Crippen molar-refractivity contribution in [2.24, 2.45) is 0 Å². The number of hydrogen-bond donors (Lipinski definition) is 0. The van der Waals surface area contributed by atoms with Gasteiger partial charge in [-0.3, -0.25) is 0 Å². The van der Waals surface area contributed by atoms with E-state index in [1.807, 2.05) is 12.1 Å².